The van der Waals surface area contributed by atoms with Gasteiger partial charge in [-0.05, 0) is 24.3 Å². The number of amides is 1. The van der Waals surface area contributed by atoms with Crippen LogP contribution in [-0.4, -0.2) is 58.7 Å². The molecule has 8 nitrogen and oxygen atoms in total. The van der Waals surface area contributed by atoms with Gasteiger partial charge in [-0.2, -0.15) is 0 Å². The van der Waals surface area contributed by atoms with Gasteiger partial charge < -0.3 is 41.4 Å². The van der Waals surface area contributed by atoms with Crippen LogP contribution in [0.1, 0.15) is 24.0 Å². The fourth-order valence-corrected chi connectivity index (χ4v) is 5.92. The third-order valence-corrected chi connectivity index (χ3v) is 7.78. The number of carbonyl (C=O) groups is 2. The first-order valence-electron chi connectivity index (χ1n) is 12.3. The Balaban J connectivity index is 0.00000280. The van der Waals surface area contributed by atoms with E-state index in [1.807, 2.05) is 6.07 Å². The van der Waals surface area contributed by atoms with E-state index in [9.17, 15) is 14.7 Å². The SMILES string of the molecule is O=C(C[N+]12CCC(CC1)[C@@H](OC(=O)C1(O)c3ccccc3Oc3ccccc31)C2)Nc1ccccn1.[Br-]. The smallest absolute Gasteiger partial charge is 0.348 e. The summed E-state index contributed by atoms with van der Waals surface area (Å²) in [6.45, 7) is 2.55. The lowest BCUT2D eigenvalue weighted by Crippen LogP contribution is -3.00. The molecule has 4 aliphatic rings. The molecule has 3 fully saturated rings. The Kier molecular flexibility index (Phi) is 6.78. The van der Waals surface area contributed by atoms with Crippen LogP contribution in [0.4, 0.5) is 5.82 Å². The number of nitrogens with zero attached hydrogens (tertiary/aromatic N) is 2. The minimum atomic E-state index is -1.97. The molecule has 0 radical (unpaired) electrons. The van der Waals surface area contributed by atoms with Crippen molar-refractivity contribution in [3.63, 3.8) is 0 Å². The van der Waals surface area contributed by atoms with Crippen molar-refractivity contribution >= 4 is 17.7 Å². The molecule has 3 saturated heterocycles. The molecule has 3 aromatic rings. The minimum absolute atomic E-state index is 0. The third-order valence-electron chi connectivity index (χ3n) is 7.78. The Hall–Kier alpha value is -3.27. The third kappa shape index (κ3) is 4.52. The maximum atomic E-state index is 13.7. The first kappa shape index (κ1) is 25.4. The van der Waals surface area contributed by atoms with Gasteiger partial charge in [0.05, 0.1) is 13.1 Å². The maximum Gasteiger partial charge on any atom is 0.348 e. The molecule has 1 atom stereocenters. The molecule has 192 valence electrons. The Morgan fingerprint density at radius 3 is 2.24 bits per heavy atom. The summed E-state index contributed by atoms with van der Waals surface area (Å²) in [4.78, 5) is 30.7. The van der Waals surface area contributed by atoms with Gasteiger partial charge in [0.15, 0.2) is 12.6 Å². The standard InChI is InChI=1S/C28H27N3O5.BrH/c32-26(30-25-11-5-6-14-29-25)18-31-15-12-19(13-16-31)24(17-31)36-27(33)28(34)20-7-1-3-9-22(20)35-23-10-4-2-8-21(23)28;/h1-11,14,19,24,34H,12-13,15-18H2;1H/t19?,24-,31?;/m0./s1. The number of esters is 1. The molecule has 37 heavy (non-hydrogen) atoms. The Bertz CT molecular complexity index is 1260. The number of piperidine rings is 3. The molecule has 1 amide bonds. The molecular formula is C28H28BrN3O5. The van der Waals surface area contributed by atoms with Crippen LogP contribution in [0.3, 0.4) is 0 Å². The number of para-hydroxylation sites is 2. The van der Waals surface area contributed by atoms with Gasteiger partial charge >= 0.3 is 5.97 Å². The van der Waals surface area contributed by atoms with E-state index in [4.69, 9.17) is 9.47 Å². The van der Waals surface area contributed by atoms with Crippen molar-refractivity contribution in [2.24, 2.45) is 5.92 Å². The average Bonchev–Trinajstić information content (AvgIpc) is 2.90. The number of hydrogen-bond acceptors (Lipinski definition) is 6. The highest BCUT2D eigenvalue weighted by Gasteiger charge is 2.53. The highest BCUT2D eigenvalue weighted by molar-refractivity contribution is 5.90. The van der Waals surface area contributed by atoms with Gasteiger partial charge in [0.1, 0.15) is 23.9 Å². The van der Waals surface area contributed by atoms with Gasteiger partial charge in [-0.25, -0.2) is 9.78 Å². The van der Waals surface area contributed by atoms with Crippen molar-refractivity contribution in [3.05, 3.63) is 84.1 Å². The van der Waals surface area contributed by atoms with Gasteiger partial charge in [0, 0.05) is 36.1 Å². The highest BCUT2D eigenvalue weighted by Crippen LogP contribution is 2.48. The van der Waals surface area contributed by atoms with Crippen LogP contribution in [0.15, 0.2) is 72.9 Å². The van der Waals surface area contributed by atoms with Crippen molar-refractivity contribution in [3.8, 4) is 11.5 Å². The number of pyridine rings is 1. The van der Waals surface area contributed by atoms with Gasteiger partial charge in [0.25, 0.3) is 5.91 Å². The molecule has 2 N–H and O–H groups in total. The van der Waals surface area contributed by atoms with Crippen LogP contribution in [0.2, 0.25) is 0 Å². The molecule has 2 bridgehead atoms. The number of aliphatic hydroxyl groups is 1. The summed E-state index contributed by atoms with van der Waals surface area (Å²) in [6, 6.07) is 19.4. The molecule has 1 aromatic heterocycles. The number of anilines is 1. The lowest BCUT2D eigenvalue weighted by atomic mass is 9.81. The number of hydrogen-bond donors (Lipinski definition) is 2. The van der Waals surface area contributed by atoms with E-state index >= 15 is 0 Å². The predicted octanol–water partition coefficient (Wildman–Crippen LogP) is 0.218. The van der Waals surface area contributed by atoms with Crippen LogP contribution >= 0.6 is 0 Å². The molecule has 9 heteroatoms. The van der Waals surface area contributed by atoms with Gasteiger partial charge in [-0.15, -0.1) is 0 Å². The largest absolute Gasteiger partial charge is 1.00 e. The Morgan fingerprint density at radius 1 is 1.00 bits per heavy atom. The second-order valence-electron chi connectivity index (χ2n) is 9.98. The first-order chi connectivity index (χ1) is 17.5. The Morgan fingerprint density at radius 2 is 1.62 bits per heavy atom. The number of benzene rings is 2. The van der Waals surface area contributed by atoms with E-state index in [2.05, 4.69) is 10.3 Å². The zero-order valence-corrected chi connectivity index (χ0v) is 21.8. The number of quaternary nitrogens is 1. The van der Waals surface area contributed by atoms with Crippen molar-refractivity contribution in [1.29, 1.82) is 0 Å². The fraction of sp³-hybridized carbons (Fsp3) is 0.321. The van der Waals surface area contributed by atoms with E-state index in [1.165, 1.54) is 0 Å². The number of fused-ring (bicyclic) bond motifs is 5. The second-order valence-corrected chi connectivity index (χ2v) is 9.98. The average molecular weight is 566 g/mol. The predicted molar refractivity (Wildman–Crippen MR) is 131 cm³/mol. The second kappa shape index (κ2) is 9.89. The van der Waals surface area contributed by atoms with Crippen LogP contribution in [0.25, 0.3) is 0 Å². The highest BCUT2D eigenvalue weighted by atomic mass is 79.9. The number of ether oxygens (including phenoxy) is 2. The maximum absolute atomic E-state index is 13.7. The zero-order chi connectivity index (χ0) is 24.8. The summed E-state index contributed by atoms with van der Waals surface area (Å²) in [6.07, 6.45) is 2.99. The summed E-state index contributed by atoms with van der Waals surface area (Å²) < 4.78 is 12.6. The molecule has 4 aliphatic heterocycles. The van der Waals surface area contributed by atoms with Crippen LogP contribution < -0.4 is 27.0 Å². The summed E-state index contributed by atoms with van der Waals surface area (Å²) in [5.41, 5.74) is -1.24. The number of aromatic nitrogens is 1. The number of nitrogens with one attached hydrogen (secondary N) is 1. The summed E-state index contributed by atoms with van der Waals surface area (Å²) in [5.74, 6) is 0.778. The molecule has 0 unspecified atom stereocenters. The molecule has 0 aliphatic carbocycles. The summed E-state index contributed by atoms with van der Waals surface area (Å²) in [5, 5.41) is 14.8. The topological polar surface area (TPSA) is 97.8 Å². The van der Waals surface area contributed by atoms with E-state index in [0.717, 1.165) is 25.9 Å². The minimum Gasteiger partial charge on any atom is -1.00 e. The quantitative estimate of drug-likeness (QED) is 0.339. The van der Waals surface area contributed by atoms with Gasteiger partial charge in [-0.3, -0.25) is 4.79 Å². The molecule has 5 heterocycles. The van der Waals surface area contributed by atoms with E-state index in [0.29, 0.717) is 46.0 Å². The van der Waals surface area contributed by atoms with Crippen molar-refractivity contribution in [1.82, 2.24) is 4.98 Å². The lowest BCUT2D eigenvalue weighted by Gasteiger charge is -2.51. The van der Waals surface area contributed by atoms with Crippen LogP contribution in [0, 0.1) is 5.92 Å². The molecule has 7 rings (SSSR count). The fourth-order valence-electron chi connectivity index (χ4n) is 5.92. The van der Waals surface area contributed by atoms with Gasteiger partial charge in [-0.1, -0.05) is 42.5 Å². The molecule has 2 aromatic carbocycles. The molecular weight excluding hydrogens is 538 g/mol. The van der Waals surface area contributed by atoms with Crippen LogP contribution in [0.5, 0.6) is 11.5 Å². The van der Waals surface area contributed by atoms with Crippen molar-refractivity contribution in [2.75, 3.05) is 31.5 Å². The van der Waals surface area contributed by atoms with Gasteiger partial charge in [0.2, 0.25) is 5.60 Å². The molecule has 0 spiro atoms. The van der Waals surface area contributed by atoms with Crippen molar-refractivity contribution < 1.29 is 45.6 Å². The Labute approximate surface area is 225 Å². The number of carbonyl (C=O) groups excluding carboxylic acids is 2. The molecule has 0 saturated carbocycles. The zero-order valence-electron chi connectivity index (χ0n) is 20.2. The summed E-state index contributed by atoms with van der Waals surface area (Å²) >= 11 is 0. The van der Waals surface area contributed by atoms with E-state index in [-0.39, 0.29) is 34.9 Å². The summed E-state index contributed by atoms with van der Waals surface area (Å²) in [7, 11) is 0. The van der Waals surface area contributed by atoms with Crippen molar-refractivity contribution in [2.45, 2.75) is 24.5 Å². The monoisotopic (exact) mass is 565 g/mol. The number of halogens is 1. The van der Waals surface area contributed by atoms with E-state index < -0.39 is 11.6 Å². The lowest BCUT2D eigenvalue weighted by molar-refractivity contribution is -0.939. The van der Waals surface area contributed by atoms with Crippen LogP contribution in [-0.2, 0) is 19.9 Å². The normalized spacial score (nSPS) is 24.5. The van der Waals surface area contributed by atoms with E-state index in [1.54, 1.807) is 66.9 Å². The number of rotatable bonds is 5. The first-order valence-corrected chi connectivity index (χ1v) is 12.3.